The van der Waals surface area contributed by atoms with Gasteiger partial charge in [0.25, 0.3) is 0 Å². The lowest BCUT2D eigenvalue weighted by atomic mass is 10.1. The van der Waals surface area contributed by atoms with Crippen molar-refractivity contribution in [3.63, 3.8) is 0 Å². The summed E-state index contributed by atoms with van der Waals surface area (Å²) in [4.78, 5) is 4.37. The SMILES string of the molecule is CC(C)CCN=C(N)NC1CCCCCC1. The van der Waals surface area contributed by atoms with Crippen LogP contribution in [-0.4, -0.2) is 18.5 Å². The molecule has 0 spiro atoms. The molecule has 0 amide bonds. The number of nitrogens with zero attached hydrogens (tertiary/aromatic N) is 1. The van der Waals surface area contributed by atoms with Gasteiger partial charge in [0, 0.05) is 12.6 Å². The Balaban J connectivity index is 2.23. The number of rotatable bonds is 4. The van der Waals surface area contributed by atoms with Gasteiger partial charge in [0.05, 0.1) is 0 Å². The third-order valence-corrected chi connectivity index (χ3v) is 3.20. The highest BCUT2D eigenvalue weighted by Crippen LogP contribution is 2.16. The first-order chi connectivity index (χ1) is 7.68. The van der Waals surface area contributed by atoms with E-state index in [4.69, 9.17) is 5.73 Å². The second kappa shape index (κ2) is 7.53. The maximum atomic E-state index is 5.88. The summed E-state index contributed by atoms with van der Waals surface area (Å²) in [5, 5.41) is 3.36. The molecule has 3 N–H and O–H groups in total. The van der Waals surface area contributed by atoms with Crippen molar-refractivity contribution in [2.45, 2.75) is 64.8 Å². The number of aliphatic imine (C=N–C) groups is 1. The van der Waals surface area contributed by atoms with Gasteiger partial charge in [-0.15, -0.1) is 0 Å². The summed E-state index contributed by atoms with van der Waals surface area (Å²) < 4.78 is 0. The molecule has 0 aliphatic heterocycles. The molecule has 0 radical (unpaired) electrons. The molecule has 1 saturated carbocycles. The molecular formula is C13H27N3. The van der Waals surface area contributed by atoms with Crippen molar-refractivity contribution in [3.8, 4) is 0 Å². The van der Waals surface area contributed by atoms with E-state index < -0.39 is 0 Å². The van der Waals surface area contributed by atoms with Crippen LogP contribution in [0.3, 0.4) is 0 Å². The van der Waals surface area contributed by atoms with Gasteiger partial charge in [-0.3, -0.25) is 4.99 Å². The highest BCUT2D eigenvalue weighted by molar-refractivity contribution is 5.78. The van der Waals surface area contributed by atoms with Crippen LogP contribution in [-0.2, 0) is 0 Å². The molecule has 0 heterocycles. The predicted molar refractivity (Wildman–Crippen MR) is 70.6 cm³/mol. The van der Waals surface area contributed by atoms with Gasteiger partial charge >= 0.3 is 0 Å². The number of guanidine groups is 1. The highest BCUT2D eigenvalue weighted by atomic mass is 15.1. The standard InChI is InChI=1S/C13H27N3/c1-11(2)9-10-15-13(14)16-12-7-5-3-4-6-8-12/h11-12H,3-10H2,1-2H3,(H3,14,15,16). The minimum atomic E-state index is 0.560. The van der Waals surface area contributed by atoms with E-state index in [2.05, 4.69) is 24.2 Å². The molecule has 0 unspecified atom stereocenters. The summed E-state index contributed by atoms with van der Waals surface area (Å²) in [6.07, 6.45) is 9.03. The molecule has 0 aromatic heterocycles. The summed E-state index contributed by atoms with van der Waals surface area (Å²) in [5.74, 6) is 1.35. The normalized spacial score (nSPS) is 19.8. The number of hydrogen-bond acceptors (Lipinski definition) is 1. The van der Waals surface area contributed by atoms with E-state index in [1.54, 1.807) is 0 Å². The Morgan fingerprint density at radius 2 is 1.88 bits per heavy atom. The van der Waals surface area contributed by atoms with E-state index >= 15 is 0 Å². The average Bonchev–Trinajstić information content (AvgIpc) is 2.45. The molecule has 0 aromatic carbocycles. The van der Waals surface area contributed by atoms with Gasteiger partial charge in [-0.1, -0.05) is 39.5 Å². The predicted octanol–water partition coefficient (Wildman–Crippen LogP) is 2.66. The van der Waals surface area contributed by atoms with Crippen LogP contribution in [0.25, 0.3) is 0 Å². The first-order valence-electron chi connectivity index (χ1n) is 6.75. The van der Waals surface area contributed by atoms with E-state index in [0.29, 0.717) is 17.9 Å². The molecule has 1 rings (SSSR count). The van der Waals surface area contributed by atoms with Crippen molar-refractivity contribution in [2.75, 3.05) is 6.54 Å². The molecular weight excluding hydrogens is 198 g/mol. The molecule has 3 heteroatoms. The minimum absolute atomic E-state index is 0.560. The molecule has 0 aromatic rings. The molecule has 0 bridgehead atoms. The highest BCUT2D eigenvalue weighted by Gasteiger charge is 2.11. The molecule has 0 atom stereocenters. The van der Waals surface area contributed by atoms with Crippen LogP contribution in [0.1, 0.15) is 58.8 Å². The van der Waals surface area contributed by atoms with Crippen LogP contribution in [0.4, 0.5) is 0 Å². The van der Waals surface area contributed by atoms with Crippen molar-refractivity contribution < 1.29 is 0 Å². The van der Waals surface area contributed by atoms with E-state index in [-0.39, 0.29) is 0 Å². The zero-order chi connectivity index (χ0) is 11.8. The zero-order valence-electron chi connectivity index (χ0n) is 10.8. The van der Waals surface area contributed by atoms with Crippen LogP contribution >= 0.6 is 0 Å². The van der Waals surface area contributed by atoms with Gasteiger partial charge in [0.2, 0.25) is 0 Å². The Morgan fingerprint density at radius 1 is 1.25 bits per heavy atom. The second-order valence-corrected chi connectivity index (χ2v) is 5.28. The van der Waals surface area contributed by atoms with Gasteiger partial charge in [0.1, 0.15) is 0 Å². The summed E-state index contributed by atoms with van der Waals surface area (Å²) >= 11 is 0. The van der Waals surface area contributed by atoms with E-state index in [1.807, 2.05) is 0 Å². The monoisotopic (exact) mass is 225 g/mol. The summed E-state index contributed by atoms with van der Waals surface area (Å²) in [7, 11) is 0. The summed E-state index contributed by atoms with van der Waals surface area (Å²) in [5.41, 5.74) is 5.88. The minimum Gasteiger partial charge on any atom is -0.370 e. The number of hydrogen-bond donors (Lipinski definition) is 2. The van der Waals surface area contributed by atoms with Crippen molar-refractivity contribution in [1.82, 2.24) is 5.32 Å². The van der Waals surface area contributed by atoms with Crippen molar-refractivity contribution in [2.24, 2.45) is 16.6 Å². The molecule has 1 aliphatic carbocycles. The fourth-order valence-corrected chi connectivity index (χ4v) is 2.12. The lowest BCUT2D eigenvalue weighted by Crippen LogP contribution is -2.39. The van der Waals surface area contributed by atoms with E-state index in [1.165, 1.54) is 38.5 Å². The van der Waals surface area contributed by atoms with Crippen LogP contribution in [0.15, 0.2) is 4.99 Å². The van der Waals surface area contributed by atoms with Crippen molar-refractivity contribution >= 4 is 5.96 Å². The van der Waals surface area contributed by atoms with Crippen LogP contribution in [0, 0.1) is 5.92 Å². The van der Waals surface area contributed by atoms with Gasteiger partial charge in [-0.2, -0.15) is 0 Å². The topological polar surface area (TPSA) is 50.4 Å². The Hall–Kier alpha value is -0.730. The van der Waals surface area contributed by atoms with E-state index in [9.17, 15) is 0 Å². The van der Waals surface area contributed by atoms with Gasteiger partial charge in [0.15, 0.2) is 5.96 Å². The number of nitrogens with one attached hydrogen (secondary N) is 1. The van der Waals surface area contributed by atoms with Gasteiger partial charge in [-0.25, -0.2) is 0 Å². The lowest BCUT2D eigenvalue weighted by molar-refractivity contribution is 0.528. The third kappa shape index (κ3) is 5.99. The fraction of sp³-hybridized carbons (Fsp3) is 0.923. The fourth-order valence-electron chi connectivity index (χ4n) is 2.12. The van der Waals surface area contributed by atoms with Crippen LogP contribution < -0.4 is 11.1 Å². The first kappa shape index (κ1) is 13.3. The summed E-state index contributed by atoms with van der Waals surface area (Å²) in [6.45, 7) is 5.28. The molecule has 3 nitrogen and oxygen atoms in total. The third-order valence-electron chi connectivity index (χ3n) is 3.20. The molecule has 16 heavy (non-hydrogen) atoms. The van der Waals surface area contributed by atoms with Gasteiger partial charge < -0.3 is 11.1 Å². The first-order valence-corrected chi connectivity index (χ1v) is 6.75. The zero-order valence-corrected chi connectivity index (χ0v) is 10.8. The number of nitrogens with two attached hydrogens (primary N) is 1. The Morgan fingerprint density at radius 3 is 2.44 bits per heavy atom. The Kier molecular flexibility index (Phi) is 6.27. The largest absolute Gasteiger partial charge is 0.370 e. The Labute approximate surface area is 99.9 Å². The quantitative estimate of drug-likeness (QED) is 0.439. The lowest BCUT2D eigenvalue weighted by Gasteiger charge is -2.16. The maximum absolute atomic E-state index is 5.88. The average molecular weight is 225 g/mol. The van der Waals surface area contributed by atoms with Crippen LogP contribution in [0.5, 0.6) is 0 Å². The van der Waals surface area contributed by atoms with E-state index in [0.717, 1.165) is 13.0 Å². The maximum Gasteiger partial charge on any atom is 0.188 e. The molecule has 94 valence electrons. The molecule has 1 fully saturated rings. The van der Waals surface area contributed by atoms with Crippen molar-refractivity contribution in [3.05, 3.63) is 0 Å². The van der Waals surface area contributed by atoms with Gasteiger partial charge in [-0.05, 0) is 25.2 Å². The summed E-state index contributed by atoms with van der Waals surface area (Å²) in [6, 6.07) is 0.560. The van der Waals surface area contributed by atoms with Crippen molar-refractivity contribution in [1.29, 1.82) is 0 Å². The smallest absolute Gasteiger partial charge is 0.188 e. The van der Waals surface area contributed by atoms with Crippen LogP contribution in [0.2, 0.25) is 0 Å². The Bertz CT molecular complexity index is 203. The molecule has 1 aliphatic rings. The molecule has 0 saturated heterocycles. The second-order valence-electron chi connectivity index (χ2n) is 5.28.